The Kier molecular flexibility index (Phi) is 8.03. The fraction of sp³-hybridized carbons (Fsp3) is 0.556. The Hall–Kier alpha value is -1.95. The molecule has 0 saturated heterocycles. The molecule has 0 radical (unpaired) electrons. The standard InChI is InChI=1S/C18H27ClN2O4/c1-11(2)21(12(3)4)18(22)13(5)25-20-10-14-8-15(19)17(24-7)16(9-14)23-6/h8-13H,1-7H3/b20-10+. The van der Waals surface area contributed by atoms with E-state index in [0.29, 0.717) is 22.1 Å². The van der Waals surface area contributed by atoms with Crippen molar-refractivity contribution in [2.24, 2.45) is 5.16 Å². The molecule has 0 aromatic heterocycles. The SMILES string of the molecule is COc1cc(/C=N/OC(C)C(=O)N(C(C)C)C(C)C)cc(Cl)c1OC. The lowest BCUT2D eigenvalue weighted by molar-refractivity contribution is -0.146. The Morgan fingerprint density at radius 1 is 1.12 bits per heavy atom. The van der Waals surface area contributed by atoms with Gasteiger partial charge in [-0.3, -0.25) is 4.79 Å². The van der Waals surface area contributed by atoms with Crippen LogP contribution >= 0.6 is 11.6 Å². The van der Waals surface area contributed by atoms with Crippen LogP contribution in [0.5, 0.6) is 11.5 Å². The maximum absolute atomic E-state index is 12.5. The van der Waals surface area contributed by atoms with Crippen molar-refractivity contribution < 1.29 is 19.1 Å². The van der Waals surface area contributed by atoms with Crippen LogP contribution < -0.4 is 9.47 Å². The van der Waals surface area contributed by atoms with E-state index in [1.54, 1.807) is 24.0 Å². The fourth-order valence-corrected chi connectivity index (χ4v) is 2.85. The highest BCUT2D eigenvalue weighted by Crippen LogP contribution is 2.35. The van der Waals surface area contributed by atoms with Crippen molar-refractivity contribution in [3.8, 4) is 11.5 Å². The maximum atomic E-state index is 12.5. The highest BCUT2D eigenvalue weighted by molar-refractivity contribution is 6.32. The molecule has 1 aromatic rings. The fourth-order valence-electron chi connectivity index (χ4n) is 2.56. The third-order valence-corrected chi connectivity index (χ3v) is 3.87. The van der Waals surface area contributed by atoms with Crippen LogP contribution in [-0.2, 0) is 9.63 Å². The molecule has 0 aliphatic rings. The Morgan fingerprint density at radius 3 is 2.20 bits per heavy atom. The number of oxime groups is 1. The smallest absolute Gasteiger partial charge is 0.266 e. The monoisotopic (exact) mass is 370 g/mol. The topological polar surface area (TPSA) is 60.4 Å². The summed E-state index contributed by atoms with van der Waals surface area (Å²) in [4.78, 5) is 19.6. The van der Waals surface area contributed by atoms with E-state index in [-0.39, 0.29) is 18.0 Å². The molecule has 1 rings (SSSR count). The summed E-state index contributed by atoms with van der Waals surface area (Å²) in [7, 11) is 3.04. The molecular weight excluding hydrogens is 344 g/mol. The average molecular weight is 371 g/mol. The minimum atomic E-state index is -0.684. The first kappa shape index (κ1) is 21.1. The number of nitrogens with zero attached hydrogens (tertiary/aromatic N) is 2. The summed E-state index contributed by atoms with van der Waals surface area (Å²) in [6, 6.07) is 3.58. The second kappa shape index (κ2) is 9.51. The molecule has 0 aliphatic carbocycles. The minimum absolute atomic E-state index is 0.0900. The van der Waals surface area contributed by atoms with Crippen LogP contribution in [0.1, 0.15) is 40.2 Å². The highest BCUT2D eigenvalue weighted by atomic mass is 35.5. The van der Waals surface area contributed by atoms with Gasteiger partial charge in [-0.05, 0) is 46.8 Å². The minimum Gasteiger partial charge on any atom is -0.493 e. The largest absolute Gasteiger partial charge is 0.493 e. The third-order valence-electron chi connectivity index (χ3n) is 3.59. The van der Waals surface area contributed by atoms with Gasteiger partial charge in [-0.15, -0.1) is 0 Å². The Balaban J connectivity index is 2.83. The highest BCUT2D eigenvalue weighted by Gasteiger charge is 2.26. The van der Waals surface area contributed by atoms with Gasteiger partial charge in [0, 0.05) is 17.6 Å². The number of amides is 1. The first-order chi connectivity index (χ1) is 11.7. The molecule has 7 heteroatoms. The first-order valence-corrected chi connectivity index (χ1v) is 8.53. The number of benzene rings is 1. The van der Waals surface area contributed by atoms with Crippen molar-refractivity contribution in [1.29, 1.82) is 0 Å². The van der Waals surface area contributed by atoms with E-state index in [2.05, 4.69) is 5.16 Å². The van der Waals surface area contributed by atoms with Gasteiger partial charge in [-0.2, -0.15) is 0 Å². The quantitative estimate of drug-likeness (QED) is 0.516. The van der Waals surface area contributed by atoms with Crippen LogP contribution in [-0.4, -0.2) is 49.4 Å². The van der Waals surface area contributed by atoms with Gasteiger partial charge in [-0.25, -0.2) is 0 Å². The average Bonchev–Trinajstić information content (AvgIpc) is 2.53. The predicted octanol–water partition coefficient (Wildman–Crippen LogP) is 3.74. The molecular formula is C18H27ClN2O4. The number of carbonyl (C=O) groups is 1. The van der Waals surface area contributed by atoms with Crippen molar-refractivity contribution in [3.63, 3.8) is 0 Å². The maximum Gasteiger partial charge on any atom is 0.266 e. The summed E-state index contributed by atoms with van der Waals surface area (Å²) in [5.41, 5.74) is 0.673. The Bertz CT molecular complexity index is 609. The van der Waals surface area contributed by atoms with Crippen molar-refractivity contribution in [2.75, 3.05) is 14.2 Å². The number of rotatable bonds is 8. The zero-order valence-corrected chi connectivity index (χ0v) is 16.6. The normalized spacial score (nSPS) is 12.6. The van der Waals surface area contributed by atoms with Crippen molar-refractivity contribution in [3.05, 3.63) is 22.7 Å². The molecule has 6 nitrogen and oxygen atoms in total. The second-order valence-corrected chi connectivity index (χ2v) is 6.56. The van der Waals surface area contributed by atoms with E-state index < -0.39 is 6.10 Å². The Morgan fingerprint density at radius 2 is 1.72 bits per heavy atom. The molecule has 0 spiro atoms. The van der Waals surface area contributed by atoms with E-state index in [0.717, 1.165) is 0 Å². The molecule has 0 saturated carbocycles. The van der Waals surface area contributed by atoms with Gasteiger partial charge >= 0.3 is 0 Å². The van der Waals surface area contributed by atoms with Gasteiger partial charge in [0.15, 0.2) is 11.5 Å². The van der Waals surface area contributed by atoms with E-state index >= 15 is 0 Å². The van der Waals surface area contributed by atoms with Crippen LogP contribution in [0.3, 0.4) is 0 Å². The van der Waals surface area contributed by atoms with E-state index in [9.17, 15) is 4.79 Å². The molecule has 0 heterocycles. The number of halogens is 1. The molecule has 1 unspecified atom stereocenters. The van der Waals surface area contributed by atoms with Crippen LogP contribution in [0.4, 0.5) is 0 Å². The lowest BCUT2D eigenvalue weighted by Gasteiger charge is -2.32. The molecule has 0 aliphatic heterocycles. The van der Waals surface area contributed by atoms with Gasteiger partial charge in [0.05, 0.1) is 25.5 Å². The predicted molar refractivity (Wildman–Crippen MR) is 99.8 cm³/mol. The van der Waals surface area contributed by atoms with Crippen LogP contribution in [0.15, 0.2) is 17.3 Å². The molecule has 0 bridgehead atoms. The van der Waals surface area contributed by atoms with Crippen molar-refractivity contribution in [2.45, 2.75) is 52.8 Å². The van der Waals surface area contributed by atoms with Crippen LogP contribution in [0.2, 0.25) is 5.02 Å². The second-order valence-electron chi connectivity index (χ2n) is 6.15. The molecule has 1 amide bonds. The zero-order chi connectivity index (χ0) is 19.1. The number of hydrogen-bond donors (Lipinski definition) is 0. The number of methoxy groups -OCH3 is 2. The summed E-state index contributed by atoms with van der Waals surface area (Å²) >= 11 is 6.15. The number of carbonyl (C=O) groups excluding carboxylic acids is 1. The number of hydrogen-bond acceptors (Lipinski definition) is 5. The molecule has 0 N–H and O–H groups in total. The Labute approximate surface area is 154 Å². The van der Waals surface area contributed by atoms with Crippen LogP contribution in [0, 0.1) is 0 Å². The molecule has 140 valence electrons. The lowest BCUT2D eigenvalue weighted by Crippen LogP contribution is -2.46. The van der Waals surface area contributed by atoms with Gasteiger partial charge in [0.25, 0.3) is 5.91 Å². The zero-order valence-electron chi connectivity index (χ0n) is 15.9. The van der Waals surface area contributed by atoms with Gasteiger partial charge in [-0.1, -0.05) is 16.8 Å². The molecule has 0 fully saturated rings. The lowest BCUT2D eigenvalue weighted by atomic mass is 10.2. The van der Waals surface area contributed by atoms with E-state index in [4.69, 9.17) is 25.9 Å². The van der Waals surface area contributed by atoms with Crippen LogP contribution in [0.25, 0.3) is 0 Å². The summed E-state index contributed by atoms with van der Waals surface area (Å²) in [6.45, 7) is 9.57. The molecule has 1 atom stereocenters. The summed E-state index contributed by atoms with van der Waals surface area (Å²) in [5, 5.41) is 4.31. The third kappa shape index (κ3) is 5.53. The summed E-state index contributed by atoms with van der Waals surface area (Å²) in [5.74, 6) is 0.842. The van der Waals surface area contributed by atoms with Gasteiger partial charge in [0.2, 0.25) is 6.10 Å². The van der Waals surface area contributed by atoms with Gasteiger partial charge < -0.3 is 19.2 Å². The van der Waals surface area contributed by atoms with Crippen molar-refractivity contribution >= 4 is 23.7 Å². The molecule has 1 aromatic carbocycles. The number of ether oxygens (including phenoxy) is 2. The molecule has 25 heavy (non-hydrogen) atoms. The van der Waals surface area contributed by atoms with Gasteiger partial charge in [0.1, 0.15) is 0 Å². The summed E-state index contributed by atoms with van der Waals surface area (Å²) in [6.07, 6.45) is 0.795. The van der Waals surface area contributed by atoms with E-state index in [1.807, 2.05) is 27.7 Å². The summed E-state index contributed by atoms with van der Waals surface area (Å²) < 4.78 is 10.4. The van der Waals surface area contributed by atoms with Crippen molar-refractivity contribution in [1.82, 2.24) is 4.90 Å². The van der Waals surface area contributed by atoms with E-state index in [1.165, 1.54) is 20.4 Å². The first-order valence-electron chi connectivity index (χ1n) is 8.15.